The first-order valence-corrected chi connectivity index (χ1v) is 5.86. The highest BCUT2D eigenvalue weighted by molar-refractivity contribution is 7.80. The van der Waals surface area contributed by atoms with Crippen LogP contribution in [0, 0.1) is 0 Å². The van der Waals surface area contributed by atoms with Crippen molar-refractivity contribution in [1.29, 1.82) is 0 Å². The van der Waals surface area contributed by atoms with Crippen LogP contribution < -0.4 is 10.6 Å². The minimum absolute atomic E-state index is 0.567. The summed E-state index contributed by atoms with van der Waals surface area (Å²) in [6, 6.07) is 8.08. The molecule has 1 aromatic carbocycles. The number of halogens is 1. The van der Waals surface area contributed by atoms with Gasteiger partial charge in [0.05, 0.1) is 0 Å². The average Bonchev–Trinajstić information content (AvgIpc) is 2.16. The molecule has 0 aliphatic heterocycles. The molecule has 1 aromatic rings. The minimum atomic E-state index is 0.567. The van der Waals surface area contributed by atoms with E-state index >= 15 is 0 Å². The van der Waals surface area contributed by atoms with Gasteiger partial charge in [-0.1, -0.05) is 11.6 Å². The van der Waals surface area contributed by atoms with Gasteiger partial charge >= 0.3 is 0 Å². The van der Waals surface area contributed by atoms with Gasteiger partial charge in [0.1, 0.15) is 0 Å². The van der Waals surface area contributed by atoms with E-state index in [0.717, 1.165) is 10.7 Å². The lowest BCUT2D eigenvalue weighted by molar-refractivity contribution is 0.385. The maximum absolute atomic E-state index is 5.79. The molecule has 0 amide bonds. The number of rotatable bonds is 2. The molecule has 0 saturated heterocycles. The number of hydrogen-bond acceptors (Lipinski definition) is 1. The van der Waals surface area contributed by atoms with Gasteiger partial charge in [0, 0.05) is 16.8 Å². The van der Waals surface area contributed by atoms with Gasteiger partial charge in [-0.2, -0.15) is 0 Å². The second-order valence-electron chi connectivity index (χ2n) is 3.73. The number of thiocarbonyl (C=S) groups is 1. The molecule has 0 spiro atoms. The SMILES string of the molecule is S=C(Nc1ccc(Cl)cc1)NC1CCC1. The first-order chi connectivity index (χ1) is 7.24. The highest BCUT2D eigenvalue weighted by Crippen LogP contribution is 2.18. The predicted octanol–water partition coefficient (Wildman–Crippen LogP) is 3.18. The Morgan fingerprint density at radius 2 is 1.93 bits per heavy atom. The lowest BCUT2D eigenvalue weighted by atomic mass is 9.93. The van der Waals surface area contributed by atoms with E-state index in [-0.39, 0.29) is 0 Å². The van der Waals surface area contributed by atoms with Crippen LogP contribution in [-0.4, -0.2) is 11.2 Å². The van der Waals surface area contributed by atoms with Crippen molar-refractivity contribution in [2.24, 2.45) is 0 Å². The Labute approximate surface area is 100 Å². The van der Waals surface area contributed by atoms with Crippen LogP contribution >= 0.6 is 23.8 Å². The van der Waals surface area contributed by atoms with Crippen molar-refractivity contribution in [2.45, 2.75) is 25.3 Å². The van der Waals surface area contributed by atoms with Gasteiger partial charge in [-0.25, -0.2) is 0 Å². The van der Waals surface area contributed by atoms with Crippen LogP contribution in [0.15, 0.2) is 24.3 Å². The van der Waals surface area contributed by atoms with E-state index in [9.17, 15) is 0 Å². The molecule has 0 aromatic heterocycles. The number of benzene rings is 1. The molecule has 2 rings (SSSR count). The molecule has 1 saturated carbocycles. The summed E-state index contributed by atoms with van der Waals surface area (Å²) in [6.07, 6.45) is 3.76. The average molecular weight is 241 g/mol. The summed E-state index contributed by atoms with van der Waals surface area (Å²) < 4.78 is 0. The zero-order chi connectivity index (χ0) is 10.7. The molecule has 80 valence electrons. The van der Waals surface area contributed by atoms with Crippen molar-refractivity contribution in [3.63, 3.8) is 0 Å². The van der Waals surface area contributed by atoms with Crippen molar-refractivity contribution < 1.29 is 0 Å². The molecule has 0 bridgehead atoms. The molecule has 0 atom stereocenters. The van der Waals surface area contributed by atoms with E-state index in [1.54, 1.807) is 0 Å². The van der Waals surface area contributed by atoms with Gasteiger partial charge in [-0.05, 0) is 55.7 Å². The Kier molecular flexibility index (Phi) is 3.44. The van der Waals surface area contributed by atoms with E-state index in [1.165, 1.54) is 19.3 Å². The number of hydrogen-bond donors (Lipinski definition) is 2. The molecule has 0 radical (unpaired) electrons. The van der Waals surface area contributed by atoms with Crippen LogP contribution in [-0.2, 0) is 0 Å². The topological polar surface area (TPSA) is 24.1 Å². The lowest BCUT2D eigenvalue weighted by Gasteiger charge is -2.27. The third-order valence-electron chi connectivity index (χ3n) is 2.54. The molecule has 0 unspecified atom stereocenters. The maximum atomic E-state index is 5.79. The quantitative estimate of drug-likeness (QED) is 0.777. The molecular formula is C11H13ClN2S. The number of anilines is 1. The summed E-state index contributed by atoms with van der Waals surface area (Å²) in [6.45, 7) is 0. The molecular weight excluding hydrogens is 228 g/mol. The summed E-state index contributed by atoms with van der Waals surface area (Å²) in [4.78, 5) is 0. The second-order valence-corrected chi connectivity index (χ2v) is 4.58. The van der Waals surface area contributed by atoms with Crippen LogP contribution in [0.4, 0.5) is 5.69 Å². The summed E-state index contributed by atoms with van der Waals surface area (Å²) in [5.74, 6) is 0. The van der Waals surface area contributed by atoms with Gasteiger partial charge in [0.15, 0.2) is 5.11 Å². The van der Waals surface area contributed by atoms with Crippen LogP contribution in [0.2, 0.25) is 5.02 Å². The minimum Gasteiger partial charge on any atom is -0.360 e. The Hall–Kier alpha value is -0.800. The predicted molar refractivity (Wildman–Crippen MR) is 68.4 cm³/mol. The van der Waals surface area contributed by atoms with Gasteiger partial charge in [0.2, 0.25) is 0 Å². The van der Waals surface area contributed by atoms with E-state index in [0.29, 0.717) is 11.2 Å². The molecule has 1 aliphatic rings. The maximum Gasteiger partial charge on any atom is 0.170 e. The first kappa shape index (κ1) is 10.7. The lowest BCUT2D eigenvalue weighted by Crippen LogP contribution is -2.41. The van der Waals surface area contributed by atoms with E-state index < -0.39 is 0 Å². The van der Waals surface area contributed by atoms with Crippen molar-refractivity contribution in [1.82, 2.24) is 5.32 Å². The van der Waals surface area contributed by atoms with Crippen molar-refractivity contribution >= 4 is 34.6 Å². The largest absolute Gasteiger partial charge is 0.360 e. The molecule has 1 aliphatic carbocycles. The van der Waals surface area contributed by atoms with Crippen LogP contribution in [0.3, 0.4) is 0 Å². The van der Waals surface area contributed by atoms with Gasteiger partial charge in [-0.15, -0.1) is 0 Å². The molecule has 0 heterocycles. The van der Waals surface area contributed by atoms with Gasteiger partial charge in [-0.3, -0.25) is 0 Å². The Morgan fingerprint density at radius 3 is 2.47 bits per heavy atom. The van der Waals surface area contributed by atoms with E-state index in [1.807, 2.05) is 24.3 Å². The van der Waals surface area contributed by atoms with Crippen LogP contribution in [0.5, 0.6) is 0 Å². The van der Waals surface area contributed by atoms with Crippen molar-refractivity contribution in [2.75, 3.05) is 5.32 Å². The zero-order valence-corrected chi connectivity index (χ0v) is 9.87. The highest BCUT2D eigenvalue weighted by Gasteiger charge is 2.17. The van der Waals surface area contributed by atoms with Gasteiger partial charge in [0.25, 0.3) is 0 Å². The van der Waals surface area contributed by atoms with Crippen LogP contribution in [0.1, 0.15) is 19.3 Å². The third-order valence-corrected chi connectivity index (χ3v) is 3.01. The molecule has 2 nitrogen and oxygen atoms in total. The van der Waals surface area contributed by atoms with E-state index in [4.69, 9.17) is 23.8 Å². The van der Waals surface area contributed by atoms with Crippen LogP contribution in [0.25, 0.3) is 0 Å². The molecule has 15 heavy (non-hydrogen) atoms. The third kappa shape index (κ3) is 3.08. The molecule has 2 N–H and O–H groups in total. The fourth-order valence-corrected chi connectivity index (χ4v) is 1.85. The molecule has 4 heteroatoms. The summed E-state index contributed by atoms with van der Waals surface area (Å²) in [7, 11) is 0. The summed E-state index contributed by atoms with van der Waals surface area (Å²) in [5.41, 5.74) is 0.969. The van der Waals surface area contributed by atoms with Crippen molar-refractivity contribution in [3.05, 3.63) is 29.3 Å². The second kappa shape index (κ2) is 4.81. The Balaban J connectivity index is 1.84. The Morgan fingerprint density at radius 1 is 1.27 bits per heavy atom. The monoisotopic (exact) mass is 240 g/mol. The van der Waals surface area contributed by atoms with Gasteiger partial charge < -0.3 is 10.6 Å². The molecule has 1 fully saturated rings. The fraction of sp³-hybridized carbons (Fsp3) is 0.364. The highest BCUT2D eigenvalue weighted by atomic mass is 35.5. The normalized spacial score (nSPS) is 15.5. The smallest absolute Gasteiger partial charge is 0.170 e. The Bertz CT molecular complexity index is 346. The number of nitrogens with one attached hydrogen (secondary N) is 2. The van der Waals surface area contributed by atoms with E-state index in [2.05, 4.69) is 10.6 Å². The summed E-state index contributed by atoms with van der Waals surface area (Å²) in [5, 5.41) is 7.83. The zero-order valence-electron chi connectivity index (χ0n) is 8.29. The first-order valence-electron chi connectivity index (χ1n) is 5.07. The van der Waals surface area contributed by atoms with Crippen molar-refractivity contribution in [3.8, 4) is 0 Å². The fourth-order valence-electron chi connectivity index (χ4n) is 1.44. The standard InChI is InChI=1S/C11H13ClN2S/c12-8-4-6-10(7-5-8)14-11(15)13-9-2-1-3-9/h4-7,9H,1-3H2,(H2,13,14,15). The summed E-state index contributed by atoms with van der Waals surface area (Å²) >= 11 is 11.0.